The molecule has 1 aromatic heterocycles. The molecule has 0 aromatic carbocycles. The van der Waals surface area contributed by atoms with Gasteiger partial charge in [0.1, 0.15) is 11.7 Å². The van der Waals surface area contributed by atoms with Crippen LogP contribution in [0.1, 0.15) is 25.3 Å². The topological polar surface area (TPSA) is 109 Å². The van der Waals surface area contributed by atoms with Crippen molar-refractivity contribution in [2.24, 2.45) is 12.8 Å². The van der Waals surface area contributed by atoms with Crippen LogP contribution in [0.4, 0.5) is 10.6 Å². The van der Waals surface area contributed by atoms with Gasteiger partial charge in [0.2, 0.25) is 0 Å². The fourth-order valence-electron chi connectivity index (χ4n) is 1.31. The van der Waals surface area contributed by atoms with Crippen molar-refractivity contribution in [1.29, 1.82) is 5.41 Å². The second kappa shape index (κ2) is 5.88. The number of nitrogen functional groups attached to an aromatic ring is 1. The molecule has 5 N–H and O–H groups in total. The van der Waals surface area contributed by atoms with E-state index in [2.05, 4.69) is 22.7 Å². The van der Waals surface area contributed by atoms with Crippen LogP contribution >= 0.6 is 0 Å². The highest BCUT2D eigenvalue weighted by Crippen LogP contribution is 2.12. The van der Waals surface area contributed by atoms with Crippen LogP contribution in [0.25, 0.3) is 0 Å². The lowest BCUT2D eigenvalue weighted by molar-refractivity contribution is 0.251. The Balaban J connectivity index is 2.64. The number of urea groups is 1. The van der Waals surface area contributed by atoms with Gasteiger partial charge in [-0.15, -0.1) is 0 Å². The summed E-state index contributed by atoms with van der Waals surface area (Å²) in [5.74, 6) is 0.299. The molecule has 0 fully saturated rings. The lowest BCUT2D eigenvalue weighted by Crippen LogP contribution is -2.31. The summed E-state index contributed by atoms with van der Waals surface area (Å²) in [6.45, 7) is 2.67. The van der Waals surface area contributed by atoms with Gasteiger partial charge in [0.15, 0.2) is 0 Å². The van der Waals surface area contributed by atoms with E-state index in [1.807, 2.05) is 0 Å². The minimum absolute atomic E-state index is 0.123. The van der Waals surface area contributed by atoms with E-state index in [0.29, 0.717) is 17.9 Å². The molecule has 0 bridgehead atoms. The smallest absolute Gasteiger partial charge is 0.320 e. The molecular weight excluding hydrogens is 220 g/mol. The molecule has 0 saturated heterocycles. The number of hydrogen-bond donors (Lipinski definition) is 4. The van der Waals surface area contributed by atoms with Crippen molar-refractivity contribution in [1.82, 2.24) is 15.1 Å². The van der Waals surface area contributed by atoms with Gasteiger partial charge in [0, 0.05) is 13.6 Å². The quantitative estimate of drug-likeness (QED) is 0.343. The summed E-state index contributed by atoms with van der Waals surface area (Å²) in [6, 6.07) is -0.315. The summed E-state index contributed by atoms with van der Waals surface area (Å²) >= 11 is 0. The van der Waals surface area contributed by atoms with E-state index >= 15 is 0 Å². The highest BCUT2D eigenvalue weighted by atomic mass is 16.2. The highest BCUT2D eigenvalue weighted by molar-refractivity contribution is 6.02. The molecule has 17 heavy (non-hydrogen) atoms. The number of hydrogen-bond acceptors (Lipinski definition) is 3. The van der Waals surface area contributed by atoms with Gasteiger partial charge in [0.25, 0.3) is 0 Å². The van der Waals surface area contributed by atoms with Crippen LogP contribution in [0.5, 0.6) is 0 Å². The molecule has 7 heteroatoms. The second-order valence-electron chi connectivity index (χ2n) is 3.68. The molecule has 0 saturated carbocycles. The lowest BCUT2D eigenvalue weighted by Gasteiger charge is -2.08. The Morgan fingerprint density at radius 3 is 2.94 bits per heavy atom. The Labute approximate surface area is 99.9 Å². The first kappa shape index (κ1) is 13.0. The molecule has 94 valence electrons. The predicted molar refractivity (Wildman–Crippen MR) is 66.2 cm³/mol. The summed E-state index contributed by atoms with van der Waals surface area (Å²) in [5.41, 5.74) is 5.80. The number of nitrogens with two attached hydrogens (primary N) is 1. The minimum Gasteiger partial charge on any atom is -0.384 e. The van der Waals surface area contributed by atoms with Gasteiger partial charge in [-0.25, -0.2) is 4.79 Å². The van der Waals surface area contributed by atoms with E-state index in [1.165, 1.54) is 10.9 Å². The summed E-state index contributed by atoms with van der Waals surface area (Å²) in [6.07, 6.45) is 3.40. The standard InChI is InChI=1S/C10H18N6O/c1-3-4-5-13-10(17)15-9-7(8(11)12)6-14-16(9)2/h6H,3-5H2,1-2H3,(H3,11,12)(H2,13,15,17). The summed E-state index contributed by atoms with van der Waals surface area (Å²) in [5, 5.41) is 16.6. The first-order valence-corrected chi connectivity index (χ1v) is 5.47. The first-order valence-electron chi connectivity index (χ1n) is 5.47. The van der Waals surface area contributed by atoms with Crippen molar-refractivity contribution >= 4 is 17.7 Å². The third-order valence-electron chi connectivity index (χ3n) is 2.28. The van der Waals surface area contributed by atoms with Crippen LogP contribution in [-0.2, 0) is 7.05 Å². The molecule has 0 aliphatic carbocycles. The number of amides is 2. The van der Waals surface area contributed by atoms with Crippen LogP contribution in [0.2, 0.25) is 0 Å². The van der Waals surface area contributed by atoms with Gasteiger partial charge in [-0.05, 0) is 6.42 Å². The maximum absolute atomic E-state index is 11.5. The number of nitrogens with zero attached hydrogens (tertiary/aromatic N) is 2. The third-order valence-corrected chi connectivity index (χ3v) is 2.28. The number of aryl methyl sites for hydroxylation is 1. The number of carbonyl (C=O) groups is 1. The van der Waals surface area contributed by atoms with E-state index in [1.54, 1.807) is 7.05 Å². The Morgan fingerprint density at radius 1 is 1.65 bits per heavy atom. The molecule has 0 radical (unpaired) electrons. The molecule has 0 aliphatic heterocycles. The minimum atomic E-state index is -0.315. The van der Waals surface area contributed by atoms with Crippen molar-refractivity contribution in [2.75, 3.05) is 11.9 Å². The first-order chi connectivity index (χ1) is 8.06. The molecule has 0 unspecified atom stereocenters. The Morgan fingerprint density at radius 2 is 2.35 bits per heavy atom. The maximum Gasteiger partial charge on any atom is 0.320 e. The van der Waals surface area contributed by atoms with E-state index in [4.69, 9.17) is 11.1 Å². The van der Waals surface area contributed by atoms with Crippen LogP contribution in [0.3, 0.4) is 0 Å². The fraction of sp³-hybridized carbons (Fsp3) is 0.500. The average molecular weight is 238 g/mol. The number of anilines is 1. The van der Waals surface area contributed by atoms with Crippen molar-refractivity contribution in [3.8, 4) is 0 Å². The van der Waals surface area contributed by atoms with Crippen LogP contribution in [0.15, 0.2) is 6.20 Å². The zero-order valence-corrected chi connectivity index (χ0v) is 10.1. The van der Waals surface area contributed by atoms with Gasteiger partial charge in [0.05, 0.1) is 11.8 Å². The molecule has 1 aromatic rings. The normalized spacial score (nSPS) is 10.0. The molecule has 1 rings (SSSR count). The van der Waals surface area contributed by atoms with Gasteiger partial charge >= 0.3 is 6.03 Å². The summed E-state index contributed by atoms with van der Waals surface area (Å²) < 4.78 is 1.47. The largest absolute Gasteiger partial charge is 0.384 e. The summed E-state index contributed by atoms with van der Waals surface area (Å²) in [4.78, 5) is 11.5. The number of carbonyl (C=O) groups excluding carboxylic acids is 1. The molecule has 7 nitrogen and oxygen atoms in total. The second-order valence-corrected chi connectivity index (χ2v) is 3.68. The van der Waals surface area contributed by atoms with E-state index in [-0.39, 0.29) is 11.9 Å². The Kier molecular flexibility index (Phi) is 4.50. The van der Waals surface area contributed by atoms with Crippen LogP contribution in [-0.4, -0.2) is 28.2 Å². The lowest BCUT2D eigenvalue weighted by atomic mass is 10.3. The van der Waals surface area contributed by atoms with Gasteiger partial charge < -0.3 is 11.1 Å². The molecular formula is C10H18N6O. The Hall–Kier alpha value is -2.05. The van der Waals surface area contributed by atoms with Crippen molar-refractivity contribution in [3.63, 3.8) is 0 Å². The molecule has 0 spiro atoms. The predicted octanol–water partition coefficient (Wildman–Crippen LogP) is 0.626. The van der Waals surface area contributed by atoms with Crippen LogP contribution < -0.4 is 16.4 Å². The monoisotopic (exact) mass is 238 g/mol. The van der Waals surface area contributed by atoms with Crippen LogP contribution in [0, 0.1) is 5.41 Å². The molecule has 0 atom stereocenters. The number of aromatic nitrogens is 2. The maximum atomic E-state index is 11.5. The van der Waals surface area contributed by atoms with Crippen molar-refractivity contribution in [3.05, 3.63) is 11.8 Å². The van der Waals surface area contributed by atoms with Gasteiger partial charge in [-0.3, -0.25) is 15.4 Å². The highest BCUT2D eigenvalue weighted by Gasteiger charge is 2.13. The van der Waals surface area contributed by atoms with E-state index in [9.17, 15) is 4.79 Å². The number of unbranched alkanes of at least 4 members (excludes halogenated alkanes) is 1. The molecule has 2 amide bonds. The Bertz CT molecular complexity index is 411. The van der Waals surface area contributed by atoms with Gasteiger partial charge in [-0.1, -0.05) is 13.3 Å². The fourth-order valence-corrected chi connectivity index (χ4v) is 1.31. The zero-order valence-electron chi connectivity index (χ0n) is 10.1. The number of rotatable bonds is 5. The average Bonchev–Trinajstić information content (AvgIpc) is 2.61. The molecule has 1 heterocycles. The zero-order chi connectivity index (χ0) is 12.8. The van der Waals surface area contributed by atoms with E-state index < -0.39 is 0 Å². The number of nitrogens with one attached hydrogen (secondary N) is 3. The van der Waals surface area contributed by atoms with Gasteiger partial charge in [-0.2, -0.15) is 5.10 Å². The number of amidine groups is 1. The SMILES string of the molecule is CCCCNC(=O)Nc1c(C(=N)N)cnn1C. The molecule has 0 aliphatic rings. The summed E-state index contributed by atoms with van der Waals surface area (Å²) in [7, 11) is 1.67. The van der Waals surface area contributed by atoms with Crippen molar-refractivity contribution in [2.45, 2.75) is 19.8 Å². The third kappa shape index (κ3) is 3.47. The van der Waals surface area contributed by atoms with Crippen molar-refractivity contribution < 1.29 is 4.79 Å². The van der Waals surface area contributed by atoms with E-state index in [0.717, 1.165) is 12.8 Å².